The van der Waals surface area contributed by atoms with Crippen LogP contribution in [0.25, 0.3) is 0 Å². The van der Waals surface area contributed by atoms with Crippen LogP contribution in [-0.4, -0.2) is 16.1 Å². The molecule has 1 atom stereocenters. The molecule has 0 spiro atoms. The molecule has 96 valence electrons. The van der Waals surface area contributed by atoms with E-state index in [1.807, 2.05) is 19.4 Å². The summed E-state index contributed by atoms with van der Waals surface area (Å²) < 4.78 is 3.16. The van der Waals surface area contributed by atoms with E-state index in [4.69, 9.17) is 0 Å². The fraction of sp³-hybridized carbons (Fsp3) is 0.357. The van der Waals surface area contributed by atoms with E-state index in [0.717, 1.165) is 16.8 Å². The van der Waals surface area contributed by atoms with Gasteiger partial charge in [0.2, 0.25) is 0 Å². The number of benzene rings is 1. The summed E-state index contributed by atoms with van der Waals surface area (Å²) in [7, 11) is 2.03. The smallest absolute Gasteiger partial charge is 0.130 e. The minimum atomic E-state index is 0.132. The van der Waals surface area contributed by atoms with Crippen LogP contribution in [0.2, 0.25) is 0 Å². The van der Waals surface area contributed by atoms with Crippen molar-refractivity contribution in [3.05, 3.63) is 52.0 Å². The number of hydrogen-bond donors (Lipinski definition) is 1. The molecule has 0 aliphatic heterocycles. The Labute approximate surface area is 116 Å². The Bertz CT molecular complexity index is 534. The van der Waals surface area contributed by atoms with Crippen molar-refractivity contribution >= 4 is 15.9 Å². The zero-order chi connectivity index (χ0) is 13.1. The number of halogens is 1. The average Bonchev–Trinajstić information content (AvgIpc) is 2.76. The van der Waals surface area contributed by atoms with Crippen LogP contribution in [0.15, 0.2) is 35.1 Å². The molecule has 1 aromatic carbocycles. The molecule has 0 aliphatic rings. The minimum Gasteiger partial charge on any atom is -0.336 e. The quantitative estimate of drug-likeness (QED) is 0.940. The van der Waals surface area contributed by atoms with Gasteiger partial charge >= 0.3 is 0 Å². The highest BCUT2D eigenvalue weighted by atomic mass is 79.9. The van der Waals surface area contributed by atoms with E-state index >= 15 is 0 Å². The topological polar surface area (TPSA) is 29.9 Å². The summed E-state index contributed by atoms with van der Waals surface area (Å²) >= 11 is 3.54. The van der Waals surface area contributed by atoms with E-state index in [0.29, 0.717) is 0 Å². The Morgan fingerprint density at radius 2 is 2.22 bits per heavy atom. The van der Waals surface area contributed by atoms with Crippen molar-refractivity contribution < 1.29 is 0 Å². The number of imidazole rings is 1. The number of rotatable bonds is 4. The van der Waals surface area contributed by atoms with Crippen molar-refractivity contribution in [3.8, 4) is 0 Å². The van der Waals surface area contributed by atoms with Crippen LogP contribution in [-0.2, 0) is 7.05 Å². The van der Waals surface area contributed by atoms with E-state index in [2.05, 4.69) is 62.8 Å². The normalized spacial score (nSPS) is 12.7. The van der Waals surface area contributed by atoms with Gasteiger partial charge in [-0.15, -0.1) is 0 Å². The van der Waals surface area contributed by atoms with E-state index < -0.39 is 0 Å². The second-order valence-corrected chi connectivity index (χ2v) is 5.30. The maximum Gasteiger partial charge on any atom is 0.130 e. The van der Waals surface area contributed by atoms with Crippen LogP contribution in [0.4, 0.5) is 0 Å². The molecule has 0 saturated carbocycles. The number of aromatic nitrogens is 2. The van der Waals surface area contributed by atoms with Gasteiger partial charge in [-0.2, -0.15) is 0 Å². The zero-order valence-electron chi connectivity index (χ0n) is 10.9. The molecule has 0 radical (unpaired) electrons. The van der Waals surface area contributed by atoms with Gasteiger partial charge in [-0.1, -0.05) is 28.9 Å². The summed E-state index contributed by atoms with van der Waals surface area (Å²) in [5.74, 6) is 1.04. The minimum absolute atomic E-state index is 0.132. The molecule has 0 fully saturated rings. The van der Waals surface area contributed by atoms with Crippen LogP contribution in [0.1, 0.15) is 29.9 Å². The molecule has 4 heteroatoms. The average molecular weight is 308 g/mol. The van der Waals surface area contributed by atoms with Gasteiger partial charge in [0.05, 0.1) is 6.04 Å². The first kappa shape index (κ1) is 13.3. The Morgan fingerprint density at radius 1 is 1.44 bits per heavy atom. The molecule has 1 N–H and O–H groups in total. The van der Waals surface area contributed by atoms with Gasteiger partial charge in [0.1, 0.15) is 5.82 Å². The van der Waals surface area contributed by atoms with Crippen molar-refractivity contribution in [1.29, 1.82) is 0 Å². The standard InChI is InChI=1S/C14H18BrN3/c1-4-16-13(14-17-7-8-18(14)3)12-9-11(15)6-5-10(12)2/h5-9,13,16H,4H2,1-3H3. The predicted octanol–water partition coefficient (Wildman–Crippen LogP) is 3.19. The van der Waals surface area contributed by atoms with Crippen LogP contribution in [0, 0.1) is 6.92 Å². The molecule has 18 heavy (non-hydrogen) atoms. The lowest BCUT2D eigenvalue weighted by atomic mass is 10.0. The van der Waals surface area contributed by atoms with Gasteiger partial charge in [-0.05, 0) is 36.7 Å². The van der Waals surface area contributed by atoms with Gasteiger partial charge in [0.15, 0.2) is 0 Å². The lowest BCUT2D eigenvalue weighted by Crippen LogP contribution is -2.25. The maximum atomic E-state index is 4.47. The molecule has 1 heterocycles. The summed E-state index contributed by atoms with van der Waals surface area (Å²) in [5, 5.41) is 3.51. The maximum absolute atomic E-state index is 4.47. The van der Waals surface area contributed by atoms with Gasteiger partial charge in [-0.3, -0.25) is 0 Å². The largest absolute Gasteiger partial charge is 0.336 e. The van der Waals surface area contributed by atoms with Crippen LogP contribution < -0.4 is 5.32 Å². The monoisotopic (exact) mass is 307 g/mol. The summed E-state index contributed by atoms with van der Waals surface area (Å²) in [5.41, 5.74) is 2.53. The molecule has 0 aliphatic carbocycles. The van der Waals surface area contributed by atoms with Gasteiger partial charge in [0, 0.05) is 23.9 Å². The van der Waals surface area contributed by atoms with Crippen LogP contribution in [0.5, 0.6) is 0 Å². The Hall–Kier alpha value is -1.13. The molecule has 2 aromatic rings. The second-order valence-electron chi connectivity index (χ2n) is 4.39. The van der Waals surface area contributed by atoms with Crippen LogP contribution >= 0.6 is 15.9 Å². The van der Waals surface area contributed by atoms with Crippen molar-refractivity contribution in [2.75, 3.05) is 6.54 Å². The Balaban J connectivity index is 2.48. The highest BCUT2D eigenvalue weighted by Gasteiger charge is 2.19. The molecule has 0 saturated heterocycles. The first-order chi connectivity index (χ1) is 8.63. The third kappa shape index (κ3) is 2.65. The van der Waals surface area contributed by atoms with Crippen molar-refractivity contribution in [2.45, 2.75) is 19.9 Å². The van der Waals surface area contributed by atoms with E-state index in [9.17, 15) is 0 Å². The third-order valence-corrected chi connectivity index (χ3v) is 3.57. The second kappa shape index (κ2) is 5.67. The molecule has 0 amide bonds. The first-order valence-corrected chi connectivity index (χ1v) is 6.89. The number of hydrogen-bond acceptors (Lipinski definition) is 2. The summed E-state index contributed by atoms with van der Waals surface area (Å²) in [6.07, 6.45) is 3.82. The van der Waals surface area contributed by atoms with Gasteiger partial charge < -0.3 is 9.88 Å². The van der Waals surface area contributed by atoms with E-state index in [-0.39, 0.29) is 6.04 Å². The highest BCUT2D eigenvalue weighted by Crippen LogP contribution is 2.26. The highest BCUT2D eigenvalue weighted by molar-refractivity contribution is 9.10. The number of aryl methyl sites for hydroxylation is 2. The molecular weight excluding hydrogens is 290 g/mol. The fourth-order valence-corrected chi connectivity index (χ4v) is 2.50. The molecule has 3 nitrogen and oxygen atoms in total. The molecule has 1 unspecified atom stereocenters. The summed E-state index contributed by atoms with van der Waals surface area (Å²) in [6, 6.07) is 6.50. The fourth-order valence-electron chi connectivity index (χ4n) is 2.12. The van der Waals surface area contributed by atoms with Crippen molar-refractivity contribution in [3.63, 3.8) is 0 Å². The predicted molar refractivity (Wildman–Crippen MR) is 77.6 cm³/mol. The Morgan fingerprint density at radius 3 is 2.83 bits per heavy atom. The van der Waals surface area contributed by atoms with Crippen molar-refractivity contribution in [1.82, 2.24) is 14.9 Å². The molecular formula is C14H18BrN3. The third-order valence-electron chi connectivity index (χ3n) is 3.08. The number of nitrogens with zero attached hydrogens (tertiary/aromatic N) is 2. The lowest BCUT2D eigenvalue weighted by Gasteiger charge is -2.20. The molecule has 0 bridgehead atoms. The Kier molecular flexibility index (Phi) is 4.19. The summed E-state index contributed by atoms with van der Waals surface area (Å²) in [6.45, 7) is 5.15. The van der Waals surface area contributed by atoms with E-state index in [1.165, 1.54) is 11.1 Å². The lowest BCUT2D eigenvalue weighted by molar-refractivity contribution is 0.574. The first-order valence-electron chi connectivity index (χ1n) is 6.10. The number of nitrogens with one attached hydrogen (secondary N) is 1. The summed E-state index contributed by atoms with van der Waals surface area (Å²) in [4.78, 5) is 4.47. The van der Waals surface area contributed by atoms with Crippen LogP contribution in [0.3, 0.4) is 0 Å². The molecule has 1 aromatic heterocycles. The van der Waals surface area contributed by atoms with Gasteiger partial charge in [-0.25, -0.2) is 4.98 Å². The van der Waals surface area contributed by atoms with Gasteiger partial charge in [0.25, 0.3) is 0 Å². The zero-order valence-corrected chi connectivity index (χ0v) is 12.5. The SMILES string of the molecule is CCNC(c1cc(Br)ccc1C)c1nccn1C. The van der Waals surface area contributed by atoms with Crippen molar-refractivity contribution in [2.24, 2.45) is 7.05 Å². The van der Waals surface area contributed by atoms with E-state index in [1.54, 1.807) is 0 Å². The molecule has 2 rings (SSSR count).